The number of rotatable bonds is 5. The summed E-state index contributed by atoms with van der Waals surface area (Å²) in [4.78, 5) is 15.1. The minimum Gasteiger partial charge on any atom is -0.495 e. The standard InChI is InChI=1S/C13H14N2O5S2/c1-7-13(21-8(2)14-7)22(18,19)15-10-6-9(12(16)17)4-5-11(10)20-3/h4-6,15H,1-3H3,(H,16,17). The smallest absolute Gasteiger partial charge is 0.335 e. The highest BCUT2D eigenvalue weighted by atomic mass is 32.2. The lowest BCUT2D eigenvalue weighted by Gasteiger charge is -2.12. The van der Waals surface area contributed by atoms with Crippen molar-refractivity contribution in [2.75, 3.05) is 11.8 Å². The molecule has 0 radical (unpaired) electrons. The lowest BCUT2D eigenvalue weighted by Crippen LogP contribution is -2.14. The Labute approximate surface area is 131 Å². The molecule has 0 saturated heterocycles. The van der Waals surface area contributed by atoms with Gasteiger partial charge in [0.1, 0.15) is 5.75 Å². The molecule has 1 aromatic carbocycles. The van der Waals surface area contributed by atoms with Gasteiger partial charge in [-0.05, 0) is 32.0 Å². The van der Waals surface area contributed by atoms with Crippen LogP contribution >= 0.6 is 11.3 Å². The molecule has 0 saturated carbocycles. The Bertz CT molecular complexity index is 827. The summed E-state index contributed by atoms with van der Waals surface area (Å²) in [6, 6.07) is 3.94. The highest BCUT2D eigenvalue weighted by Gasteiger charge is 2.23. The van der Waals surface area contributed by atoms with Crippen LogP contribution < -0.4 is 9.46 Å². The fourth-order valence-corrected chi connectivity index (χ4v) is 4.42. The molecule has 9 heteroatoms. The van der Waals surface area contributed by atoms with Crippen LogP contribution in [-0.4, -0.2) is 31.6 Å². The fraction of sp³-hybridized carbons (Fsp3) is 0.231. The molecule has 0 bridgehead atoms. The predicted octanol–water partition coefficient (Wildman–Crippen LogP) is 2.27. The average molecular weight is 342 g/mol. The summed E-state index contributed by atoms with van der Waals surface area (Å²) in [6.07, 6.45) is 0. The number of nitrogens with zero attached hydrogens (tertiary/aromatic N) is 1. The van der Waals surface area contributed by atoms with Gasteiger partial charge in [0.25, 0.3) is 10.0 Å². The number of aryl methyl sites for hydroxylation is 2. The second-order valence-corrected chi connectivity index (χ2v) is 7.51. The van der Waals surface area contributed by atoms with Crippen molar-refractivity contribution in [2.45, 2.75) is 18.1 Å². The highest BCUT2D eigenvalue weighted by molar-refractivity contribution is 7.94. The zero-order valence-electron chi connectivity index (χ0n) is 12.1. The van der Waals surface area contributed by atoms with Gasteiger partial charge in [0.15, 0.2) is 4.21 Å². The zero-order chi connectivity index (χ0) is 16.5. The first-order valence-electron chi connectivity index (χ1n) is 6.13. The Morgan fingerprint density at radius 3 is 2.55 bits per heavy atom. The van der Waals surface area contributed by atoms with Crippen molar-refractivity contribution in [3.8, 4) is 5.75 Å². The molecule has 22 heavy (non-hydrogen) atoms. The predicted molar refractivity (Wildman–Crippen MR) is 82.3 cm³/mol. The molecule has 1 aromatic heterocycles. The molecule has 0 atom stereocenters. The van der Waals surface area contributed by atoms with E-state index in [-0.39, 0.29) is 21.2 Å². The van der Waals surface area contributed by atoms with E-state index in [0.717, 1.165) is 11.3 Å². The van der Waals surface area contributed by atoms with Gasteiger partial charge in [0, 0.05) is 0 Å². The van der Waals surface area contributed by atoms with Gasteiger partial charge in [0.2, 0.25) is 0 Å². The molecule has 0 aliphatic carbocycles. The maximum atomic E-state index is 12.4. The Kier molecular flexibility index (Phi) is 4.38. The lowest BCUT2D eigenvalue weighted by atomic mass is 10.2. The van der Waals surface area contributed by atoms with Crippen LogP contribution in [0.15, 0.2) is 22.4 Å². The maximum absolute atomic E-state index is 12.4. The Balaban J connectivity index is 2.47. The largest absolute Gasteiger partial charge is 0.495 e. The van der Waals surface area contributed by atoms with Gasteiger partial charge in [-0.15, -0.1) is 11.3 Å². The molecule has 0 aliphatic rings. The second kappa shape index (κ2) is 5.93. The van der Waals surface area contributed by atoms with Crippen molar-refractivity contribution in [1.29, 1.82) is 0 Å². The van der Waals surface area contributed by atoms with E-state index in [1.54, 1.807) is 13.8 Å². The number of hydrogen-bond acceptors (Lipinski definition) is 6. The maximum Gasteiger partial charge on any atom is 0.335 e. The summed E-state index contributed by atoms with van der Waals surface area (Å²) < 4.78 is 32.4. The van der Waals surface area contributed by atoms with Gasteiger partial charge >= 0.3 is 5.97 Å². The molecule has 2 rings (SSSR count). The topological polar surface area (TPSA) is 106 Å². The molecule has 0 amide bonds. The summed E-state index contributed by atoms with van der Waals surface area (Å²) in [5, 5.41) is 9.64. The van der Waals surface area contributed by atoms with Gasteiger partial charge in [-0.3, -0.25) is 4.72 Å². The van der Waals surface area contributed by atoms with Gasteiger partial charge in [-0.2, -0.15) is 0 Å². The third-order valence-electron chi connectivity index (χ3n) is 2.80. The monoisotopic (exact) mass is 342 g/mol. The van der Waals surface area contributed by atoms with E-state index >= 15 is 0 Å². The summed E-state index contributed by atoms with van der Waals surface area (Å²) in [6.45, 7) is 3.31. The Hall–Kier alpha value is -2.13. The lowest BCUT2D eigenvalue weighted by molar-refractivity contribution is 0.0697. The first-order valence-corrected chi connectivity index (χ1v) is 8.42. The van der Waals surface area contributed by atoms with Gasteiger partial charge in [-0.1, -0.05) is 0 Å². The molecular formula is C13H14N2O5S2. The number of carbonyl (C=O) groups is 1. The summed E-state index contributed by atoms with van der Waals surface area (Å²) in [5.41, 5.74) is 0.409. The number of carboxylic acids is 1. The number of hydrogen-bond donors (Lipinski definition) is 2. The van der Waals surface area contributed by atoms with Crippen LogP contribution in [0.2, 0.25) is 0 Å². The van der Waals surface area contributed by atoms with E-state index in [2.05, 4.69) is 9.71 Å². The number of anilines is 1. The van der Waals surface area contributed by atoms with E-state index in [9.17, 15) is 13.2 Å². The number of benzene rings is 1. The number of ether oxygens (including phenoxy) is 1. The summed E-state index contributed by atoms with van der Waals surface area (Å²) in [7, 11) is -2.49. The minimum atomic E-state index is -3.87. The van der Waals surface area contributed by atoms with Crippen molar-refractivity contribution in [2.24, 2.45) is 0 Å². The third-order valence-corrected chi connectivity index (χ3v) is 5.84. The number of methoxy groups -OCH3 is 1. The number of aromatic nitrogens is 1. The molecule has 0 spiro atoms. The first kappa shape index (κ1) is 16.2. The number of thiazole rings is 1. The molecule has 1 heterocycles. The van der Waals surface area contributed by atoms with Crippen LogP contribution in [0.25, 0.3) is 0 Å². The van der Waals surface area contributed by atoms with Gasteiger partial charge in [0.05, 0.1) is 29.1 Å². The van der Waals surface area contributed by atoms with Crippen LogP contribution in [0, 0.1) is 13.8 Å². The van der Waals surface area contributed by atoms with Crippen LogP contribution in [0.4, 0.5) is 5.69 Å². The van der Waals surface area contributed by atoms with E-state index < -0.39 is 16.0 Å². The van der Waals surface area contributed by atoms with Crippen molar-refractivity contribution in [1.82, 2.24) is 4.98 Å². The number of sulfonamides is 1. The molecule has 0 unspecified atom stereocenters. The number of nitrogens with one attached hydrogen (secondary N) is 1. The number of aromatic carboxylic acids is 1. The van der Waals surface area contributed by atoms with Crippen molar-refractivity contribution in [3.05, 3.63) is 34.5 Å². The summed E-state index contributed by atoms with van der Waals surface area (Å²) >= 11 is 1.05. The normalized spacial score (nSPS) is 11.2. The van der Waals surface area contributed by atoms with Gasteiger partial charge in [-0.25, -0.2) is 18.2 Å². The van der Waals surface area contributed by atoms with Crippen LogP contribution in [0.1, 0.15) is 21.1 Å². The fourth-order valence-electron chi connectivity index (χ4n) is 1.87. The molecule has 0 fully saturated rings. The van der Waals surface area contributed by atoms with E-state index in [0.29, 0.717) is 10.7 Å². The molecule has 118 valence electrons. The molecule has 2 aromatic rings. The average Bonchev–Trinajstić information content (AvgIpc) is 2.78. The van der Waals surface area contributed by atoms with Crippen LogP contribution in [0.3, 0.4) is 0 Å². The van der Waals surface area contributed by atoms with E-state index in [1.165, 1.54) is 25.3 Å². The van der Waals surface area contributed by atoms with E-state index in [4.69, 9.17) is 9.84 Å². The summed E-state index contributed by atoms with van der Waals surface area (Å²) in [5.74, 6) is -0.930. The Morgan fingerprint density at radius 2 is 2.05 bits per heavy atom. The minimum absolute atomic E-state index is 0.0456. The first-order chi connectivity index (χ1) is 10.2. The zero-order valence-corrected chi connectivity index (χ0v) is 13.7. The molecule has 2 N–H and O–H groups in total. The van der Waals surface area contributed by atoms with Crippen molar-refractivity contribution < 1.29 is 23.1 Å². The molecule has 0 aliphatic heterocycles. The van der Waals surface area contributed by atoms with Crippen molar-refractivity contribution in [3.63, 3.8) is 0 Å². The SMILES string of the molecule is COc1ccc(C(=O)O)cc1NS(=O)(=O)c1sc(C)nc1C. The second-order valence-electron chi connectivity index (χ2n) is 4.43. The quantitative estimate of drug-likeness (QED) is 0.863. The Morgan fingerprint density at radius 1 is 1.36 bits per heavy atom. The van der Waals surface area contributed by atoms with E-state index in [1.807, 2.05) is 0 Å². The van der Waals surface area contributed by atoms with Crippen molar-refractivity contribution >= 4 is 33.0 Å². The van der Waals surface area contributed by atoms with Crippen LogP contribution in [0.5, 0.6) is 5.75 Å². The third kappa shape index (κ3) is 3.20. The highest BCUT2D eigenvalue weighted by Crippen LogP contribution is 2.30. The molecular weight excluding hydrogens is 328 g/mol. The number of carboxylic acid groups (broad SMARTS) is 1. The molecule has 7 nitrogen and oxygen atoms in total. The van der Waals surface area contributed by atoms with Gasteiger partial charge < -0.3 is 9.84 Å². The van der Waals surface area contributed by atoms with Crippen LogP contribution in [-0.2, 0) is 10.0 Å².